The molecule has 0 radical (unpaired) electrons. The third-order valence-electron chi connectivity index (χ3n) is 5.13. The van der Waals surface area contributed by atoms with Crippen LogP contribution < -0.4 is 0 Å². The van der Waals surface area contributed by atoms with Gasteiger partial charge in [-0.1, -0.05) is 60.8 Å². The summed E-state index contributed by atoms with van der Waals surface area (Å²) in [6.45, 7) is 3.88. The summed E-state index contributed by atoms with van der Waals surface area (Å²) < 4.78 is 11.3. The Bertz CT molecular complexity index is 870. The molecule has 0 aromatic heterocycles. The van der Waals surface area contributed by atoms with E-state index < -0.39 is 24.2 Å². The summed E-state index contributed by atoms with van der Waals surface area (Å²) in [4.78, 5) is 27.5. The normalized spacial score (nSPS) is 20.1. The van der Waals surface area contributed by atoms with Gasteiger partial charge in [-0.2, -0.15) is 0 Å². The Hall–Kier alpha value is -2.08. The minimum atomic E-state index is -0.693. The van der Waals surface area contributed by atoms with Crippen LogP contribution in [0.1, 0.15) is 50.0 Å². The van der Waals surface area contributed by atoms with Gasteiger partial charge in [0, 0.05) is 10.0 Å². The van der Waals surface area contributed by atoms with Crippen LogP contribution in [0.25, 0.3) is 0 Å². The van der Waals surface area contributed by atoms with E-state index in [1.165, 1.54) is 0 Å². The van der Waals surface area contributed by atoms with Gasteiger partial charge >= 0.3 is 5.97 Å². The highest BCUT2D eigenvalue weighted by atomic mass is 35.5. The fourth-order valence-corrected chi connectivity index (χ4v) is 4.06. The number of hydrogen-bond acceptors (Lipinski definition) is 4. The van der Waals surface area contributed by atoms with Gasteiger partial charge in [-0.3, -0.25) is 4.79 Å². The summed E-state index contributed by atoms with van der Waals surface area (Å²) in [5, 5.41) is 1.20. The molecule has 0 spiro atoms. The molecule has 2 aromatic rings. The first-order valence-corrected chi connectivity index (χ1v) is 10.8. The fourth-order valence-electron chi connectivity index (χ4n) is 3.80. The Kier molecular flexibility index (Phi) is 7.75. The maximum absolute atomic E-state index is 13.0. The van der Waals surface area contributed by atoms with Crippen molar-refractivity contribution in [3.8, 4) is 0 Å². The van der Waals surface area contributed by atoms with Gasteiger partial charge in [-0.25, -0.2) is 4.79 Å². The van der Waals surface area contributed by atoms with E-state index in [2.05, 4.69) is 0 Å². The van der Waals surface area contributed by atoms with Gasteiger partial charge in [0.25, 0.3) is 0 Å². The van der Waals surface area contributed by atoms with Gasteiger partial charge in [0.15, 0.2) is 0 Å². The number of morpholine rings is 1. The Morgan fingerprint density at radius 2 is 1.63 bits per heavy atom. The van der Waals surface area contributed by atoms with Crippen molar-refractivity contribution >= 4 is 35.1 Å². The molecule has 1 aliphatic rings. The van der Waals surface area contributed by atoms with Crippen molar-refractivity contribution in [2.75, 3.05) is 13.2 Å². The average Bonchev–Trinajstić information content (AvgIpc) is 2.74. The summed E-state index contributed by atoms with van der Waals surface area (Å²) in [6, 6.07) is 13.4. The average molecular weight is 450 g/mol. The second-order valence-corrected chi connectivity index (χ2v) is 8.01. The van der Waals surface area contributed by atoms with E-state index in [0.29, 0.717) is 16.5 Å². The van der Waals surface area contributed by atoms with Crippen LogP contribution in [-0.4, -0.2) is 36.0 Å². The zero-order valence-electron chi connectivity index (χ0n) is 17.0. The first kappa shape index (κ1) is 22.6. The number of esters is 1. The highest BCUT2D eigenvalue weighted by Gasteiger charge is 2.44. The van der Waals surface area contributed by atoms with E-state index in [0.717, 1.165) is 17.5 Å². The highest BCUT2D eigenvalue weighted by molar-refractivity contribution is 6.30. The molecule has 1 saturated heterocycles. The number of benzene rings is 2. The molecule has 1 heterocycles. The van der Waals surface area contributed by atoms with Gasteiger partial charge in [0.05, 0.1) is 12.6 Å². The lowest BCUT2D eigenvalue weighted by atomic mass is 9.90. The molecule has 2 aromatic carbocycles. The summed E-state index contributed by atoms with van der Waals surface area (Å²) in [6.07, 6.45) is 0.768. The number of hydrogen-bond donors (Lipinski definition) is 0. The van der Waals surface area contributed by atoms with Crippen LogP contribution in [-0.2, 0) is 19.1 Å². The van der Waals surface area contributed by atoms with E-state index in [-0.39, 0.29) is 19.1 Å². The number of amides is 1. The smallest absolute Gasteiger partial charge is 0.328 e. The molecule has 1 amide bonds. The predicted molar refractivity (Wildman–Crippen MR) is 117 cm³/mol. The molecule has 160 valence electrons. The third kappa shape index (κ3) is 4.97. The largest absolute Gasteiger partial charge is 0.464 e. The summed E-state index contributed by atoms with van der Waals surface area (Å²) in [7, 11) is 0. The van der Waals surface area contributed by atoms with Crippen LogP contribution in [0.5, 0.6) is 0 Å². The minimum Gasteiger partial charge on any atom is -0.464 e. The summed E-state index contributed by atoms with van der Waals surface area (Å²) >= 11 is 12.1. The van der Waals surface area contributed by atoms with E-state index in [1.54, 1.807) is 36.1 Å². The maximum Gasteiger partial charge on any atom is 0.328 e. The second-order valence-electron chi connectivity index (χ2n) is 7.14. The lowest BCUT2D eigenvalue weighted by Crippen LogP contribution is -2.53. The zero-order valence-corrected chi connectivity index (χ0v) is 18.5. The fraction of sp³-hybridized carbons (Fsp3) is 0.391. The number of carbonyl (C=O) groups excluding carboxylic acids is 2. The number of nitrogens with zero attached hydrogens (tertiary/aromatic N) is 1. The van der Waals surface area contributed by atoms with Crippen molar-refractivity contribution in [3.05, 3.63) is 69.7 Å². The lowest BCUT2D eigenvalue weighted by Gasteiger charge is -2.44. The molecule has 7 heteroatoms. The van der Waals surface area contributed by atoms with Crippen molar-refractivity contribution in [2.45, 2.75) is 44.9 Å². The minimum absolute atomic E-state index is 0.114. The van der Waals surface area contributed by atoms with Crippen LogP contribution in [0.4, 0.5) is 0 Å². The Morgan fingerprint density at radius 1 is 1.07 bits per heavy atom. The molecule has 0 saturated carbocycles. The van der Waals surface area contributed by atoms with Crippen LogP contribution >= 0.6 is 23.2 Å². The second kappa shape index (κ2) is 10.3. The molecule has 0 aliphatic carbocycles. The molecule has 3 atom stereocenters. The number of halogens is 2. The SMILES string of the molecule is CCC[C@@H](C(=O)OCC)N1C(=O)CO[C@H](c2ccc(Cl)cc2)[C@@H]1c1ccc(Cl)cc1. The van der Waals surface area contributed by atoms with E-state index in [9.17, 15) is 9.59 Å². The van der Waals surface area contributed by atoms with Crippen molar-refractivity contribution in [3.63, 3.8) is 0 Å². The first-order valence-electron chi connectivity index (χ1n) is 10.1. The standard InChI is InChI=1S/C23H25Cl2NO4/c1-3-5-19(23(28)29-4-2)26-20(27)14-30-22(16-8-12-18(25)13-9-16)21(26)15-6-10-17(24)11-7-15/h6-13,19,21-22H,3-5,14H2,1-2H3/t19-,21-,22+/m0/s1. The van der Waals surface area contributed by atoms with Gasteiger partial charge in [0.1, 0.15) is 18.8 Å². The number of carbonyl (C=O) groups is 2. The van der Waals surface area contributed by atoms with E-state index >= 15 is 0 Å². The maximum atomic E-state index is 13.0. The molecule has 0 bridgehead atoms. The van der Waals surface area contributed by atoms with Gasteiger partial charge in [-0.15, -0.1) is 0 Å². The molecular weight excluding hydrogens is 425 g/mol. The first-order chi connectivity index (χ1) is 14.5. The van der Waals surface area contributed by atoms with Gasteiger partial charge in [-0.05, 0) is 48.7 Å². The van der Waals surface area contributed by atoms with Gasteiger partial charge in [0.2, 0.25) is 5.91 Å². The lowest BCUT2D eigenvalue weighted by molar-refractivity contribution is -0.174. The predicted octanol–water partition coefficient (Wildman–Crippen LogP) is 5.37. The zero-order chi connectivity index (χ0) is 21.7. The van der Waals surface area contributed by atoms with Crippen molar-refractivity contribution in [2.24, 2.45) is 0 Å². The van der Waals surface area contributed by atoms with Crippen molar-refractivity contribution in [1.29, 1.82) is 0 Å². The van der Waals surface area contributed by atoms with E-state index in [4.69, 9.17) is 32.7 Å². The summed E-state index contributed by atoms with van der Waals surface area (Å²) in [5.41, 5.74) is 1.70. The van der Waals surface area contributed by atoms with Crippen LogP contribution in [0.3, 0.4) is 0 Å². The van der Waals surface area contributed by atoms with Crippen molar-refractivity contribution in [1.82, 2.24) is 4.90 Å². The molecule has 5 nitrogen and oxygen atoms in total. The number of ether oxygens (including phenoxy) is 2. The molecule has 1 aliphatic heterocycles. The van der Waals surface area contributed by atoms with Crippen LogP contribution in [0, 0.1) is 0 Å². The number of rotatable bonds is 7. The Balaban J connectivity index is 2.10. The topological polar surface area (TPSA) is 55.8 Å². The van der Waals surface area contributed by atoms with Crippen LogP contribution in [0.15, 0.2) is 48.5 Å². The van der Waals surface area contributed by atoms with Gasteiger partial charge < -0.3 is 14.4 Å². The van der Waals surface area contributed by atoms with Crippen LogP contribution in [0.2, 0.25) is 10.0 Å². The summed E-state index contributed by atoms with van der Waals surface area (Å²) in [5.74, 6) is -0.643. The third-order valence-corrected chi connectivity index (χ3v) is 5.63. The molecular formula is C23H25Cl2NO4. The Labute approximate surface area is 186 Å². The molecule has 0 N–H and O–H groups in total. The monoisotopic (exact) mass is 449 g/mol. The highest BCUT2D eigenvalue weighted by Crippen LogP contribution is 2.42. The van der Waals surface area contributed by atoms with Crippen molar-refractivity contribution < 1.29 is 19.1 Å². The van der Waals surface area contributed by atoms with E-state index in [1.807, 2.05) is 31.2 Å². The molecule has 0 unspecified atom stereocenters. The molecule has 1 fully saturated rings. The molecule has 3 rings (SSSR count). The Morgan fingerprint density at radius 3 is 2.17 bits per heavy atom. The quantitative estimate of drug-likeness (QED) is 0.533. The molecule has 30 heavy (non-hydrogen) atoms.